The number of anilines is 1. The first kappa shape index (κ1) is 13.4. The predicted octanol–water partition coefficient (Wildman–Crippen LogP) is 1.43. The summed E-state index contributed by atoms with van der Waals surface area (Å²) in [4.78, 5) is 21.4. The van der Waals surface area contributed by atoms with Gasteiger partial charge in [-0.05, 0) is 38.4 Å². The van der Waals surface area contributed by atoms with Gasteiger partial charge >= 0.3 is 0 Å². The Morgan fingerprint density at radius 2 is 2.15 bits per heavy atom. The average molecular weight is 274 g/mol. The van der Waals surface area contributed by atoms with E-state index in [1.54, 1.807) is 13.2 Å². The number of carbonyl (C=O) groups is 1. The molecule has 2 aliphatic heterocycles. The molecule has 0 spiro atoms. The maximum Gasteiger partial charge on any atom is 0.257 e. The molecule has 5 nitrogen and oxygen atoms in total. The number of likely N-dealkylation sites (N-methyl/N-ethyl adjacent to an activating group) is 1. The van der Waals surface area contributed by atoms with Gasteiger partial charge in [-0.15, -0.1) is 0 Å². The van der Waals surface area contributed by atoms with Gasteiger partial charge in [0.15, 0.2) is 0 Å². The molecule has 2 saturated heterocycles. The summed E-state index contributed by atoms with van der Waals surface area (Å²) in [5.41, 5.74) is 0.676. The zero-order valence-electron chi connectivity index (χ0n) is 12.2. The van der Waals surface area contributed by atoms with Gasteiger partial charge in [0.2, 0.25) is 0 Å². The van der Waals surface area contributed by atoms with E-state index >= 15 is 0 Å². The highest BCUT2D eigenvalue weighted by molar-refractivity contribution is 5.98. The van der Waals surface area contributed by atoms with Gasteiger partial charge in [-0.25, -0.2) is 4.98 Å². The van der Waals surface area contributed by atoms with Gasteiger partial charge in [0.05, 0.1) is 5.56 Å². The number of rotatable bonds is 2. The van der Waals surface area contributed by atoms with Crippen molar-refractivity contribution in [3.8, 4) is 0 Å². The molecule has 1 N–H and O–H groups in total. The molecule has 2 aliphatic rings. The minimum absolute atomic E-state index is 0.100. The fourth-order valence-electron chi connectivity index (χ4n) is 3.44. The topological polar surface area (TPSA) is 48.5 Å². The molecular weight excluding hydrogens is 252 g/mol. The van der Waals surface area contributed by atoms with Crippen LogP contribution >= 0.6 is 0 Å². The molecule has 2 atom stereocenters. The van der Waals surface area contributed by atoms with Gasteiger partial charge in [0.25, 0.3) is 5.91 Å². The largest absolute Gasteiger partial charge is 0.372 e. The molecule has 1 aromatic rings. The Morgan fingerprint density at radius 1 is 1.35 bits per heavy atom. The van der Waals surface area contributed by atoms with Gasteiger partial charge in [-0.3, -0.25) is 9.69 Å². The second-order valence-corrected chi connectivity index (χ2v) is 5.74. The van der Waals surface area contributed by atoms with Crippen molar-refractivity contribution in [2.45, 2.75) is 31.3 Å². The third-order valence-electron chi connectivity index (χ3n) is 4.71. The SMILES string of the molecule is CNc1ncccc1C(=O)N1CCC2CCC(C1)N2C. The summed E-state index contributed by atoms with van der Waals surface area (Å²) < 4.78 is 0. The number of amides is 1. The van der Waals surface area contributed by atoms with Crippen LogP contribution in [0, 0.1) is 0 Å². The number of likely N-dealkylation sites (tertiary alicyclic amines) is 1. The highest BCUT2D eigenvalue weighted by Gasteiger charge is 2.36. The van der Waals surface area contributed by atoms with Gasteiger partial charge in [-0.2, -0.15) is 0 Å². The van der Waals surface area contributed by atoms with Gasteiger partial charge in [0, 0.05) is 38.4 Å². The molecule has 1 amide bonds. The number of nitrogens with one attached hydrogen (secondary N) is 1. The summed E-state index contributed by atoms with van der Waals surface area (Å²) in [6.07, 6.45) is 5.27. The molecule has 2 fully saturated rings. The van der Waals surface area contributed by atoms with E-state index in [1.807, 2.05) is 17.0 Å². The Kier molecular flexibility index (Phi) is 3.61. The summed E-state index contributed by atoms with van der Waals surface area (Å²) in [6.45, 7) is 1.69. The first-order valence-corrected chi connectivity index (χ1v) is 7.34. The maximum absolute atomic E-state index is 12.7. The molecule has 1 aromatic heterocycles. The molecule has 3 rings (SSSR count). The van der Waals surface area contributed by atoms with Crippen molar-refractivity contribution < 1.29 is 4.79 Å². The van der Waals surface area contributed by atoms with E-state index in [4.69, 9.17) is 0 Å². The van der Waals surface area contributed by atoms with Crippen LogP contribution in [0.2, 0.25) is 0 Å². The number of hydrogen-bond donors (Lipinski definition) is 1. The Bertz CT molecular complexity index is 504. The molecule has 0 saturated carbocycles. The molecule has 3 heterocycles. The van der Waals surface area contributed by atoms with Crippen LogP contribution in [0.15, 0.2) is 18.3 Å². The quantitative estimate of drug-likeness (QED) is 0.886. The average Bonchev–Trinajstić information content (AvgIpc) is 2.71. The van der Waals surface area contributed by atoms with Crippen LogP contribution in [0.1, 0.15) is 29.6 Å². The molecule has 2 unspecified atom stereocenters. The van der Waals surface area contributed by atoms with Crippen LogP contribution in [0.5, 0.6) is 0 Å². The highest BCUT2D eigenvalue weighted by Crippen LogP contribution is 2.29. The van der Waals surface area contributed by atoms with Gasteiger partial charge < -0.3 is 10.2 Å². The third kappa shape index (κ3) is 2.26. The van der Waals surface area contributed by atoms with E-state index in [-0.39, 0.29) is 5.91 Å². The summed E-state index contributed by atoms with van der Waals surface area (Å²) in [6, 6.07) is 4.84. The Labute approximate surface area is 120 Å². The molecule has 5 heteroatoms. The van der Waals surface area contributed by atoms with Gasteiger partial charge in [-0.1, -0.05) is 0 Å². The zero-order valence-corrected chi connectivity index (χ0v) is 12.2. The number of aromatic nitrogens is 1. The zero-order chi connectivity index (χ0) is 14.1. The van der Waals surface area contributed by atoms with Crippen molar-refractivity contribution in [2.75, 3.05) is 32.5 Å². The number of fused-ring (bicyclic) bond motifs is 2. The van der Waals surface area contributed by atoms with Crippen LogP contribution in [-0.2, 0) is 0 Å². The summed E-state index contributed by atoms with van der Waals surface area (Å²) in [7, 11) is 4.00. The second kappa shape index (κ2) is 5.40. The Morgan fingerprint density at radius 3 is 2.95 bits per heavy atom. The molecule has 0 aromatic carbocycles. The number of carbonyl (C=O) groups excluding carboxylic acids is 1. The number of hydrogen-bond acceptors (Lipinski definition) is 4. The van der Waals surface area contributed by atoms with Crippen molar-refractivity contribution in [1.29, 1.82) is 0 Å². The van der Waals surface area contributed by atoms with Crippen LogP contribution < -0.4 is 5.32 Å². The standard InChI is InChI=1S/C15H22N4O/c1-16-14-13(4-3-8-17-14)15(20)19-9-7-11-5-6-12(10-19)18(11)2/h3-4,8,11-12H,5-7,9-10H2,1-2H3,(H,16,17). The molecular formula is C15H22N4O. The number of nitrogens with zero attached hydrogens (tertiary/aromatic N) is 3. The van der Waals surface area contributed by atoms with Gasteiger partial charge in [0.1, 0.15) is 5.82 Å². The van der Waals surface area contributed by atoms with E-state index in [0.717, 1.165) is 19.5 Å². The first-order valence-electron chi connectivity index (χ1n) is 7.34. The summed E-state index contributed by atoms with van der Waals surface area (Å²) in [5.74, 6) is 0.767. The lowest BCUT2D eigenvalue weighted by Gasteiger charge is -2.26. The normalized spacial score (nSPS) is 26.4. The fraction of sp³-hybridized carbons (Fsp3) is 0.600. The van der Waals surface area contributed by atoms with E-state index in [9.17, 15) is 4.79 Å². The number of pyridine rings is 1. The molecule has 20 heavy (non-hydrogen) atoms. The van der Waals surface area contributed by atoms with Crippen LogP contribution in [0.4, 0.5) is 5.82 Å². The Hall–Kier alpha value is -1.62. The highest BCUT2D eigenvalue weighted by atomic mass is 16.2. The minimum atomic E-state index is 0.100. The molecule has 2 bridgehead atoms. The third-order valence-corrected chi connectivity index (χ3v) is 4.71. The summed E-state index contributed by atoms with van der Waals surface area (Å²) >= 11 is 0. The predicted molar refractivity (Wildman–Crippen MR) is 78.9 cm³/mol. The minimum Gasteiger partial charge on any atom is -0.372 e. The Balaban J connectivity index is 1.80. The van der Waals surface area contributed by atoms with Crippen molar-refractivity contribution in [1.82, 2.24) is 14.8 Å². The monoisotopic (exact) mass is 274 g/mol. The fourth-order valence-corrected chi connectivity index (χ4v) is 3.44. The molecule has 0 radical (unpaired) electrons. The lowest BCUT2D eigenvalue weighted by molar-refractivity contribution is 0.0741. The van der Waals surface area contributed by atoms with Crippen LogP contribution in [-0.4, -0.2) is 60.0 Å². The summed E-state index contributed by atoms with van der Waals surface area (Å²) in [5, 5.41) is 3.00. The molecule has 108 valence electrons. The lowest BCUT2D eigenvalue weighted by atomic mass is 10.1. The van der Waals surface area contributed by atoms with Crippen molar-refractivity contribution in [3.05, 3.63) is 23.9 Å². The molecule has 0 aliphatic carbocycles. The van der Waals surface area contributed by atoms with Crippen LogP contribution in [0.25, 0.3) is 0 Å². The van der Waals surface area contributed by atoms with E-state index in [0.29, 0.717) is 23.5 Å². The van der Waals surface area contributed by atoms with Crippen LogP contribution in [0.3, 0.4) is 0 Å². The van der Waals surface area contributed by atoms with Crippen molar-refractivity contribution in [3.63, 3.8) is 0 Å². The first-order chi connectivity index (χ1) is 9.70. The van der Waals surface area contributed by atoms with E-state index in [1.165, 1.54) is 12.8 Å². The van der Waals surface area contributed by atoms with E-state index in [2.05, 4.69) is 22.2 Å². The smallest absolute Gasteiger partial charge is 0.257 e. The van der Waals surface area contributed by atoms with Crippen molar-refractivity contribution in [2.24, 2.45) is 0 Å². The maximum atomic E-state index is 12.7. The van der Waals surface area contributed by atoms with Crippen molar-refractivity contribution >= 4 is 11.7 Å². The van der Waals surface area contributed by atoms with E-state index < -0.39 is 0 Å². The second-order valence-electron chi connectivity index (χ2n) is 5.74. The lowest BCUT2D eigenvalue weighted by Crippen LogP contribution is -2.39.